The lowest BCUT2D eigenvalue weighted by atomic mass is 10.0. The summed E-state index contributed by atoms with van der Waals surface area (Å²) in [5, 5.41) is 17.4. The Morgan fingerprint density at radius 3 is 2.27 bits per heavy atom. The fourth-order valence-corrected chi connectivity index (χ4v) is 4.09. The van der Waals surface area contributed by atoms with E-state index in [1.807, 2.05) is 31.2 Å². The highest BCUT2D eigenvalue weighted by atomic mass is 16.3. The number of imide groups is 1. The number of para-hydroxylation sites is 1. The van der Waals surface area contributed by atoms with Crippen LogP contribution in [-0.4, -0.2) is 63.0 Å². The number of carbonyl (C=O) groups excluding carboxylic acids is 4. The van der Waals surface area contributed by atoms with E-state index in [1.165, 1.54) is 11.8 Å². The normalized spacial score (nSPS) is 16.4. The number of aryl methyl sites for hydroxylation is 1. The Labute approximate surface area is 217 Å². The second-order valence-corrected chi connectivity index (χ2v) is 9.79. The quantitative estimate of drug-likeness (QED) is 0.385. The average molecular weight is 510 g/mol. The van der Waals surface area contributed by atoms with Crippen LogP contribution in [0.4, 0.5) is 21.0 Å². The van der Waals surface area contributed by atoms with Crippen molar-refractivity contribution >= 4 is 35.3 Å². The van der Waals surface area contributed by atoms with Crippen molar-refractivity contribution in [2.45, 2.75) is 65.2 Å². The highest BCUT2D eigenvalue weighted by Crippen LogP contribution is 2.31. The van der Waals surface area contributed by atoms with E-state index >= 15 is 0 Å². The summed E-state index contributed by atoms with van der Waals surface area (Å²) < 4.78 is 0. The topological polar surface area (TPSA) is 131 Å². The third-order valence-corrected chi connectivity index (χ3v) is 6.52. The molecule has 0 spiro atoms. The van der Waals surface area contributed by atoms with Crippen molar-refractivity contribution in [3.8, 4) is 0 Å². The summed E-state index contributed by atoms with van der Waals surface area (Å²) in [7, 11) is 0. The first-order valence-electron chi connectivity index (χ1n) is 12.2. The molecule has 1 saturated heterocycles. The number of aliphatic hydroxyl groups is 1. The summed E-state index contributed by atoms with van der Waals surface area (Å²) in [5.74, 6) is -0.916. The molecule has 2 aromatic rings. The molecule has 1 aliphatic heterocycles. The number of aliphatic hydroxyl groups excluding tert-OH is 1. The van der Waals surface area contributed by atoms with Gasteiger partial charge in [0.05, 0.1) is 0 Å². The van der Waals surface area contributed by atoms with Crippen LogP contribution in [0.5, 0.6) is 0 Å². The number of rotatable bonds is 9. The van der Waals surface area contributed by atoms with E-state index in [9.17, 15) is 19.2 Å². The van der Waals surface area contributed by atoms with Crippen molar-refractivity contribution in [3.63, 3.8) is 0 Å². The molecule has 0 radical (unpaired) electrons. The number of hydrogen-bond donors (Lipinski definition) is 4. The molecule has 1 aliphatic rings. The third kappa shape index (κ3) is 6.26. The molecule has 1 fully saturated rings. The molecule has 1 heterocycles. The number of hydrogen-bond acceptors (Lipinski definition) is 5. The zero-order valence-electron chi connectivity index (χ0n) is 21.9. The minimum absolute atomic E-state index is 0.0795. The van der Waals surface area contributed by atoms with Gasteiger partial charge >= 0.3 is 12.1 Å². The van der Waals surface area contributed by atoms with E-state index in [0.717, 1.165) is 16.0 Å². The molecule has 37 heavy (non-hydrogen) atoms. The molecule has 10 nitrogen and oxygen atoms in total. The van der Waals surface area contributed by atoms with Gasteiger partial charge in [-0.2, -0.15) is 0 Å². The van der Waals surface area contributed by atoms with Gasteiger partial charge in [-0.1, -0.05) is 30.3 Å². The Hall–Kier alpha value is -3.92. The zero-order valence-corrected chi connectivity index (χ0v) is 21.9. The van der Waals surface area contributed by atoms with Crippen LogP contribution < -0.4 is 16.0 Å². The van der Waals surface area contributed by atoms with Crippen molar-refractivity contribution < 1.29 is 24.3 Å². The fourth-order valence-electron chi connectivity index (χ4n) is 4.09. The van der Waals surface area contributed by atoms with Gasteiger partial charge < -0.3 is 26.0 Å². The number of carbonyl (C=O) groups is 4. The van der Waals surface area contributed by atoms with Crippen LogP contribution in [0.15, 0.2) is 48.5 Å². The minimum atomic E-state index is -1.15. The zero-order chi connectivity index (χ0) is 27.3. The molecule has 0 aliphatic carbocycles. The maximum atomic E-state index is 13.3. The van der Waals surface area contributed by atoms with Crippen LogP contribution in [0.2, 0.25) is 0 Å². The summed E-state index contributed by atoms with van der Waals surface area (Å²) >= 11 is 0. The lowest BCUT2D eigenvalue weighted by Gasteiger charge is -2.27. The minimum Gasteiger partial charge on any atom is -0.396 e. The molecule has 0 saturated carbocycles. The van der Waals surface area contributed by atoms with Crippen LogP contribution in [-0.2, 0) is 16.1 Å². The van der Waals surface area contributed by atoms with Gasteiger partial charge in [0.15, 0.2) is 0 Å². The van der Waals surface area contributed by atoms with Gasteiger partial charge in [0.2, 0.25) is 5.91 Å². The van der Waals surface area contributed by atoms with Crippen LogP contribution in [0.3, 0.4) is 0 Å². The van der Waals surface area contributed by atoms with Crippen LogP contribution in [0.25, 0.3) is 0 Å². The van der Waals surface area contributed by atoms with E-state index in [1.54, 1.807) is 45.0 Å². The number of benzene rings is 2. The van der Waals surface area contributed by atoms with Gasteiger partial charge in [0.1, 0.15) is 11.6 Å². The largest absolute Gasteiger partial charge is 0.396 e. The highest BCUT2D eigenvalue weighted by molar-refractivity contribution is 6.09. The number of anilines is 2. The fraction of sp³-hybridized carbons (Fsp3) is 0.407. The Kier molecular flexibility index (Phi) is 8.54. The van der Waals surface area contributed by atoms with Crippen LogP contribution in [0.1, 0.15) is 45.2 Å². The predicted octanol–water partition coefficient (Wildman–Crippen LogP) is 3.46. The lowest BCUT2D eigenvalue weighted by Crippen LogP contribution is -2.51. The molecule has 6 amide bonds. The van der Waals surface area contributed by atoms with E-state index in [4.69, 9.17) is 5.11 Å². The molecule has 4 N–H and O–H groups in total. The number of nitrogens with zero attached hydrogens (tertiary/aromatic N) is 2. The Bertz CT molecular complexity index is 1160. The number of amides is 6. The first kappa shape index (κ1) is 27.7. The van der Waals surface area contributed by atoms with Gasteiger partial charge in [-0.25, -0.2) is 14.5 Å². The molecule has 0 aromatic heterocycles. The molecule has 3 rings (SSSR count). The first-order valence-corrected chi connectivity index (χ1v) is 12.2. The van der Waals surface area contributed by atoms with Crippen LogP contribution >= 0.6 is 0 Å². The standard InChI is InChI=1S/C27H35N5O5/c1-17-8-6-7-9-22(17)30-25(36)29-21-12-10-20(11-13-21)16-31-26(37)32(24(35)27(31,4)5)19(3)23(34)28-18(2)14-15-33/h6-13,18-19,33H,14-16H2,1-5H3,(H,28,34)(H2,29,30,36). The smallest absolute Gasteiger partial charge is 0.328 e. The van der Waals surface area contributed by atoms with Crippen molar-refractivity contribution in [1.29, 1.82) is 0 Å². The number of nitrogens with one attached hydrogen (secondary N) is 3. The van der Waals surface area contributed by atoms with E-state index in [-0.39, 0.29) is 25.2 Å². The van der Waals surface area contributed by atoms with Gasteiger partial charge in [-0.15, -0.1) is 0 Å². The van der Waals surface area contributed by atoms with Crippen molar-refractivity contribution in [3.05, 3.63) is 59.7 Å². The summed E-state index contributed by atoms with van der Waals surface area (Å²) in [4.78, 5) is 53.8. The molecule has 198 valence electrons. The molecule has 2 aromatic carbocycles. The monoisotopic (exact) mass is 509 g/mol. The molecule has 0 bridgehead atoms. The average Bonchev–Trinajstić information content (AvgIpc) is 3.00. The maximum absolute atomic E-state index is 13.3. The lowest BCUT2D eigenvalue weighted by molar-refractivity contribution is -0.138. The molecular weight excluding hydrogens is 474 g/mol. The van der Waals surface area contributed by atoms with Gasteiger partial charge in [0, 0.05) is 30.6 Å². The first-order chi connectivity index (χ1) is 17.4. The Morgan fingerprint density at radius 1 is 1.00 bits per heavy atom. The Balaban J connectivity index is 1.66. The van der Waals surface area contributed by atoms with Crippen molar-refractivity contribution in [2.75, 3.05) is 17.2 Å². The third-order valence-electron chi connectivity index (χ3n) is 6.52. The van der Waals surface area contributed by atoms with Gasteiger partial charge in [0.25, 0.3) is 5.91 Å². The molecule has 2 unspecified atom stereocenters. The van der Waals surface area contributed by atoms with Crippen molar-refractivity contribution in [2.24, 2.45) is 0 Å². The second-order valence-electron chi connectivity index (χ2n) is 9.79. The SMILES string of the molecule is Cc1ccccc1NC(=O)Nc1ccc(CN2C(=O)N(C(C)C(=O)NC(C)CCO)C(=O)C2(C)C)cc1. The van der Waals surface area contributed by atoms with Crippen molar-refractivity contribution in [1.82, 2.24) is 15.1 Å². The molecular formula is C27H35N5O5. The molecule has 10 heteroatoms. The summed E-state index contributed by atoms with van der Waals surface area (Å²) in [5.41, 5.74) is 1.84. The van der Waals surface area contributed by atoms with Gasteiger partial charge in [-0.3, -0.25) is 9.59 Å². The van der Waals surface area contributed by atoms with E-state index < -0.39 is 29.4 Å². The second kappa shape index (κ2) is 11.4. The van der Waals surface area contributed by atoms with Gasteiger partial charge in [-0.05, 0) is 70.4 Å². The Morgan fingerprint density at radius 2 is 1.65 bits per heavy atom. The number of urea groups is 2. The summed E-state index contributed by atoms with van der Waals surface area (Å²) in [6, 6.07) is 12.2. The van der Waals surface area contributed by atoms with E-state index in [2.05, 4.69) is 16.0 Å². The van der Waals surface area contributed by atoms with Crippen LogP contribution in [0, 0.1) is 6.92 Å². The predicted molar refractivity (Wildman–Crippen MR) is 141 cm³/mol. The maximum Gasteiger partial charge on any atom is 0.328 e. The summed E-state index contributed by atoms with van der Waals surface area (Å²) in [6.07, 6.45) is 0.371. The van der Waals surface area contributed by atoms with E-state index in [0.29, 0.717) is 17.8 Å². The molecule has 2 atom stereocenters. The summed E-state index contributed by atoms with van der Waals surface area (Å²) in [6.45, 7) is 8.54. The highest BCUT2D eigenvalue weighted by Gasteiger charge is 2.53.